The Morgan fingerprint density at radius 2 is 1.83 bits per heavy atom. The molecule has 7 heteroatoms. The standard InChI is InChI=1S/C23H23N5OS/c1-4-18(16-8-6-5-7-9-16)22-26-28-20(24)19(21(29)25-23(28)30-22)14-15-10-12-17(13-11-15)27(2)3/h5-14,18,24H,4H2,1-3H3. The zero-order valence-electron chi connectivity index (χ0n) is 17.2. The van der Waals surface area contributed by atoms with Crippen molar-refractivity contribution in [3.8, 4) is 0 Å². The molecule has 0 radical (unpaired) electrons. The third-order valence-electron chi connectivity index (χ3n) is 5.10. The molecular formula is C23H23N5OS. The number of amides is 1. The van der Waals surface area contributed by atoms with E-state index >= 15 is 0 Å². The Morgan fingerprint density at radius 1 is 1.13 bits per heavy atom. The van der Waals surface area contributed by atoms with E-state index in [1.54, 1.807) is 6.08 Å². The Bertz CT molecular complexity index is 1070. The fourth-order valence-corrected chi connectivity index (χ4v) is 4.52. The van der Waals surface area contributed by atoms with Crippen molar-refractivity contribution in [1.82, 2.24) is 5.01 Å². The fraction of sp³-hybridized carbons (Fsp3) is 0.217. The fourth-order valence-electron chi connectivity index (χ4n) is 3.42. The number of carbonyl (C=O) groups is 1. The van der Waals surface area contributed by atoms with Crippen molar-refractivity contribution in [3.63, 3.8) is 0 Å². The Kier molecular flexibility index (Phi) is 5.55. The van der Waals surface area contributed by atoms with Crippen molar-refractivity contribution in [2.24, 2.45) is 10.1 Å². The summed E-state index contributed by atoms with van der Waals surface area (Å²) in [6.45, 7) is 2.11. The van der Waals surface area contributed by atoms with Crippen LogP contribution in [-0.4, -0.2) is 41.1 Å². The topological polar surface area (TPSA) is 72.1 Å². The minimum atomic E-state index is -0.403. The summed E-state index contributed by atoms with van der Waals surface area (Å²) in [5, 5.41) is 16.0. The van der Waals surface area contributed by atoms with E-state index in [1.165, 1.54) is 22.3 Å². The minimum absolute atomic E-state index is 0.0621. The van der Waals surface area contributed by atoms with E-state index < -0.39 is 5.91 Å². The molecule has 0 bridgehead atoms. The maximum absolute atomic E-state index is 12.6. The molecule has 0 fully saturated rings. The van der Waals surface area contributed by atoms with Crippen LogP contribution in [0, 0.1) is 5.41 Å². The van der Waals surface area contributed by atoms with Gasteiger partial charge in [-0.05, 0) is 47.5 Å². The smallest absolute Gasteiger partial charge is 0.283 e. The predicted octanol–water partition coefficient (Wildman–Crippen LogP) is 4.57. The first-order valence-electron chi connectivity index (χ1n) is 9.80. The summed E-state index contributed by atoms with van der Waals surface area (Å²) in [6, 6.07) is 18.0. The lowest BCUT2D eigenvalue weighted by Gasteiger charge is -2.20. The maximum Gasteiger partial charge on any atom is 0.283 e. The molecule has 0 aromatic heterocycles. The highest BCUT2D eigenvalue weighted by Crippen LogP contribution is 2.35. The number of anilines is 1. The molecule has 0 saturated carbocycles. The van der Waals surface area contributed by atoms with Crippen LogP contribution >= 0.6 is 11.8 Å². The van der Waals surface area contributed by atoms with E-state index in [-0.39, 0.29) is 17.3 Å². The number of aliphatic imine (C=N–C) groups is 1. The second kappa shape index (κ2) is 8.28. The number of rotatable bonds is 5. The molecule has 0 saturated heterocycles. The van der Waals surface area contributed by atoms with Crippen molar-refractivity contribution in [2.45, 2.75) is 19.3 Å². The van der Waals surface area contributed by atoms with Crippen LogP contribution in [0.5, 0.6) is 0 Å². The highest BCUT2D eigenvalue weighted by atomic mass is 32.2. The molecule has 2 aliphatic heterocycles. The van der Waals surface area contributed by atoms with Gasteiger partial charge in [0.05, 0.1) is 5.57 Å². The lowest BCUT2D eigenvalue weighted by molar-refractivity contribution is -0.114. The molecular weight excluding hydrogens is 394 g/mol. The van der Waals surface area contributed by atoms with Crippen molar-refractivity contribution < 1.29 is 4.79 Å². The molecule has 2 aromatic carbocycles. The van der Waals surface area contributed by atoms with Crippen LogP contribution in [0.15, 0.2) is 70.3 Å². The molecule has 1 unspecified atom stereocenters. The van der Waals surface area contributed by atoms with Crippen LogP contribution in [0.1, 0.15) is 30.4 Å². The normalized spacial score (nSPS) is 18.2. The van der Waals surface area contributed by atoms with Crippen molar-refractivity contribution in [3.05, 3.63) is 71.3 Å². The van der Waals surface area contributed by atoms with Crippen molar-refractivity contribution in [1.29, 1.82) is 5.41 Å². The summed E-state index contributed by atoms with van der Waals surface area (Å²) < 4.78 is 0. The Labute approximate surface area is 180 Å². The average Bonchev–Trinajstić information content (AvgIpc) is 3.16. The molecule has 152 valence electrons. The van der Waals surface area contributed by atoms with Crippen molar-refractivity contribution in [2.75, 3.05) is 19.0 Å². The van der Waals surface area contributed by atoms with Crippen LogP contribution in [0.4, 0.5) is 5.69 Å². The molecule has 1 atom stereocenters. The first kappa shape index (κ1) is 20.1. The van der Waals surface area contributed by atoms with Crippen LogP contribution in [0.2, 0.25) is 0 Å². The van der Waals surface area contributed by atoms with Gasteiger partial charge >= 0.3 is 0 Å². The van der Waals surface area contributed by atoms with Gasteiger partial charge in [0, 0.05) is 25.7 Å². The van der Waals surface area contributed by atoms with Crippen LogP contribution < -0.4 is 4.90 Å². The number of amidine groups is 2. The number of hydrazone groups is 1. The molecule has 6 nitrogen and oxygen atoms in total. The lowest BCUT2D eigenvalue weighted by Crippen LogP contribution is -2.35. The SMILES string of the molecule is CCC(C1=NN2C(=N)C(=Cc3ccc(N(C)C)cc3)C(=O)N=C2S1)c1ccccc1. The van der Waals surface area contributed by atoms with Gasteiger partial charge in [0.25, 0.3) is 5.91 Å². The maximum atomic E-state index is 12.6. The van der Waals surface area contributed by atoms with E-state index in [2.05, 4.69) is 29.2 Å². The van der Waals surface area contributed by atoms with E-state index in [0.717, 1.165) is 22.7 Å². The molecule has 2 heterocycles. The Hall–Kier alpha value is -3.19. The highest BCUT2D eigenvalue weighted by molar-refractivity contribution is 8.27. The highest BCUT2D eigenvalue weighted by Gasteiger charge is 2.37. The lowest BCUT2D eigenvalue weighted by atomic mass is 9.98. The summed E-state index contributed by atoms with van der Waals surface area (Å²) in [5.41, 5.74) is 3.33. The number of hydrogen-bond donors (Lipinski definition) is 1. The van der Waals surface area contributed by atoms with E-state index in [4.69, 9.17) is 5.41 Å². The summed E-state index contributed by atoms with van der Waals surface area (Å²) in [6.07, 6.45) is 2.58. The zero-order chi connectivity index (χ0) is 21.3. The van der Waals surface area contributed by atoms with Gasteiger partial charge in [-0.25, -0.2) is 0 Å². The number of hydrogen-bond acceptors (Lipinski definition) is 5. The minimum Gasteiger partial charge on any atom is -0.378 e. The first-order valence-corrected chi connectivity index (χ1v) is 10.6. The van der Waals surface area contributed by atoms with Gasteiger partial charge in [-0.1, -0.05) is 49.4 Å². The van der Waals surface area contributed by atoms with Gasteiger partial charge < -0.3 is 4.90 Å². The number of thioether (sulfide) groups is 1. The first-order chi connectivity index (χ1) is 14.5. The van der Waals surface area contributed by atoms with Gasteiger partial charge in [-0.15, -0.1) is 0 Å². The van der Waals surface area contributed by atoms with Crippen LogP contribution in [0.3, 0.4) is 0 Å². The third-order valence-corrected chi connectivity index (χ3v) is 6.12. The van der Waals surface area contributed by atoms with Gasteiger partial charge in [-0.3, -0.25) is 10.2 Å². The number of nitrogens with zero attached hydrogens (tertiary/aromatic N) is 4. The Balaban J connectivity index is 1.63. The molecule has 2 aromatic rings. The van der Waals surface area contributed by atoms with Gasteiger partial charge in [-0.2, -0.15) is 15.1 Å². The van der Waals surface area contributed by atoms with Crippen molar-refractivity contribution >= 4 is 45.5 Å². The summed E-state index contributed by atoms with van der Waals surface area (Å²) >= 11 is 1.37. The molecule has 1 amide bonds. The zero-order valence-corrected chi connectivity index (χ0v) is 18.0. The van der Waals surface area contributed by atoms with E-state index in [1.807, 2.05) is 61.5 Å². The molecule has 30 heavy (non-hydrogen) atoms. The van der Waals surface area contributed by atoms with Gasteiger partial charge in [0.2, 0.25) is 5.17 Å². The van der Waals surface area contributed by atoms with Crippen LogP contribution in [0.25, 0.3) is 6.08 Å². The molecule has 0 aliphatic carbocycles. The van der Waals surface area contributed by atoms with Gasteiger partial charge in [0.15, 0.2) is 5.84 Å². The summed E-state index contributed by atoms with van der Waals surface area (Å²) in [5.74, 6) is -0.231. The number of carbonyl (C=O) groups excluding carboxylic acids is 1. The number of benzene rings is 2. The van der Waals surface area contributed by atoms with Gasteiger partial charge in [0.1, 0.15) is 5.04 Å². The number of fused-ring (bicyclic) bond motifs is 1. The number of nitrogens with one attached hydrogen (secondary N) is 1. The van der Waals surface area contributed by atoms with Crippen LogP contribution in [-0.2, 0) is 4.79 Å². The van der Waals surface area contributed by atoms with E-state index in [9.17, 15) is 4.79 Å². The Morgan fingerprint density at radius 3 is 2.47 bits per heavy atom. The average molecular weight is 418 g/mol. The monoisotopic (exact) mass is 417 g/mol. The summed E-state index contributed by atoms with van der Waals surface area (Å²) in [4.78, 5) is 18.9. The predicted molar refractivity (Wildman–Crippen MR) is 125 cm³/mol. The molecule has 1 N–H and O–H groups in total. The third kappa shape index (κ3) is 3.80. The quantitative estimate of drug-likeness (QED) is 0.724. The largest absolute Gasteiger partial charge is 0.378 e. The summed E-state index contributed by atoms with van der Waals surface area (Å²) in [7, 11) is 3.95. The second-order valence-electron chi connectivity index (χ2n) is 7.32. The van der Waals surface area contributed by atoms with E-state index in [0.29, 0.717) is 5.17 Å². The second-order valence-corrected chi connectivity index (χ2v) is 8.30. The molecule has 0 spiro atoms. The molecule has 2 aliphatic rings. The molecule has 4 rings (SSSR count).